The van der Waals surface area contributed by atoms with Gasteiger partial charge in [0.15, 0.2) is 6.10 Å². The lowest BCUT2D eigenvalue weighted by Crippen LogP contribution is -2.19. The van der Waals surface area contributed by atoms with Crippen LogP contribution >= 0.6 is 0 Å². The van der Waals surface area contributed by atoms with E-state index in [2.05, 4.69) is 13.8 Å². The van der Waals surface area contributed by atoms with Crippen molar-refractivity contribution in [3.8, 4) is 0 Å². The van der Waals surface area contributed by atoms with Gasteiger partial charge in [-0.1, -0.05) is 44.2 Å². The molecule has 2 rings (SSSR count). The van der Waals surface area contributed by atoms with E-state index in [9.17, 15) is 4.79 Å². The van der Waals surface area contributed by atoms with E-state index in [1.54, 1.807) is 0 Å². The number of hydrogen-bond donors (Lipinski definition) is 0. The standard InChI is InChI=1S/C15H20O3/c1-11(2)9-10-17-14(16)13-15(3,18-13)12-7-5-4-6-8-12/h4-8,11,13H,9-10H2,1-3H3/t13-,15+/m1/s1. The summed E-state index contributed by atoms with van der Waals surface area (Å²) >= 11 is 0. The van der Waals surface area contributed by atoms with Crippen molar-refractivity contribution in [1.82, 2.24) is 0 Å². The molecular formula is C15H20O3. The molecule has 0 aliphatic carbocycles. The first kappa shape index (κ1) is 13.1. The number of esters is 1. The summed E-state index contributed by atoms with van der Waals surface area (Å²) in [5, 5.41) is 0. The smallest absolute Gasteiger partial charge is 0.338 e. The summed E-state index contributed by atoms with van der Waals surface area (Å²) in [4.78, 5) is 11.8. The summed E-state index contributed by atoms with van der Waals surface area (Å²) in [6.07, 6.45) is 0.438. The topological polar surface area (TPSA) is 38.8 Å². The Morgan fingerprint density at radius 3 is 2.67 bits per heavy atom. The van der Waals surface area contributed by atoms with Gasteiger partial charge in [0.1, 0.15) is 5.60 Å². The van der Waals surface area contributed by atoms with Crippen molar-refractivity contribution in [3.63, 3.8) is 0 Å². The van der Waals surface area contributed by atoms with Crippen molar-refractivity contribution in [2.24, 2.45) is 5.92 Å². The van der Waals surface area contributed by atoms with Crippen LogP contribution in [0.5, 0.6) is 0 Å². The van der Waals surface area contributed by atoms with E-state index in [4.69, 9.17) is 9.47 Å². The maximum Gasteiger partial charge on any atom is 0.338 e. The monoisotopic (exact) mass is 248 g/mol. The lowest BCUT2D eigenvalue weighted by molar-refractivity contribution is -0.145. The second kappa shape index (κ2) is 5.11. The number of carbonyl (C=O) groups excluding carboxylic acids is 1. The molecule has 0 amide bonds. The van der Waals surface area contributed by atoms with Crippen LogP contribution in [0.15, 0.2) is 30.3 Å². The van der Waals surface area contributed by atoms with Gasteiger partial charge in [0.2, 0.25) is 0 Å². The molecule has 2 atom stereocenters. The van der Waals surface area contributed by atoms with Crippen molar-refractivity contribution in [3.05, 3.63) is 35.9 Å². The van der Waals surface area contributed by atoms with Crippen molar-refractivity contribution < 1.29 is 14.3 Å². The van der Waals surface area contributed by atoms with Crippen LogP contribution in [0.2, 0.25) is 0 Å². The van der Waals surface area contributed by atoms with Crippen molar-refractivity contribution in [2.45, 2.75) is 38.9 Å². The molecule has 0 unspecified atom stereocenters. The Bertz CT molecular complexity index is 413. The maximum absolute atomic E-state index is 11.8. The number of hydrogen-bond acceptors (Lipinski definition) is 3. The molecule has 1 heterocycles. The minimum atomic E-state index is -0.504. The van der Waals surface area contributed by atoms with E-state index < -0.39 is 11.7 Å². The molecule has 18 heavy (non-hydrogen) atoms. The number of ether oxygens (including phenoxy) is 2. The molecule has 0 bridgehead atoms. The second-order valence-corrected chi connectivity index (χ2v) is 5.32. The van der Waals surface area contributed by atoms with E-state index in [1.165, 1.54) is 0 Å². The molecule has 0 aromatic heterocycles. The van der Waals surface area contributed by atoms with E-state index >= 15 is 0 Å². The van der Waals surface area contributed by atoms with E-state index in [0.29, 0.717) is 12.5 Å². The fourth-order valence-electron chi connectivity index (χ4n) is 1.94. The number of epoxide rings is 1. The van der Waals surface area contributed by atoms with Crippen LogP contribution in [0.25, 0.3) is 0 Å². The Morgan fingerprint density at radius 1 is 1.39 bits per heavy atom. The Labute approximate surface area is 108 Å². The normalized spacial score (nSPS) is 26.1. The zero-order chi connectivity index (χ0) is 13.2. The molecule has 1 aromatic rings. The van der Waals surface area contributed by atoms with Gasteiger partial charge in [-0.3, -0.25) is 0 Å². The third-order valence-electron chi connectivity index (χ3n) is 3.31. The summed E-state index contributed by atoms with van der Waals surface area (Å²) in [6, 6.07) is 9.79. The molecule has 0 spiro atoms. The van der Waals surface area contributed by atoms with Gasteiger partial charge >= 0.3 is 5.97 Å². The van der Waals surface area contributed by atoms with Crippen LogP contribution in [-0.2, 0) is 19.9 Å². The molecule has 3 nitrogen and oxygen atoms in total. The van der Waals surface area contributed by atoms with E-state index in [0.717, 1.165) is 12.0 Å². The summed E-state index contributed by atoms with van der Waals surface area (Å²) in [7, 11) is 0. The summed E-state index contributed by atoms with van der Waals surface area (Å²) in [6.45, 7) is 6.61. The fraction of sp³-hybridized carbons (Fsp3) is 0.533. The highest BCUT2D eigenvalue weighted by Gasteiger charge is 2.59. The Kier molecular flexibility index (Phi) is 3.71. The van der Waals surface area contributed by atoms with Gasteiger partial charge in [-0.15, -0.1) is 0 Å². The molecule has 1 aliphatic heterocycles. The average Bonchev–Trinajstić information content (AvgIpc) is 3.04. The van der Waals surface area contributed by atoms with Crippen molar-refractivity contribution >= 4 is 5.97 Å². The van der Waals surface area contributed by atoms with Crippen LogP contribution in [0.1, 0.15) is 32.8 Å². The fourth-order valence-corrected chi connectivity index (χ4v) is 1.94. The third-order valence-corrected chi connectivity index (χ3v) is 3.31. The Morgan fingerprint density at radius 2 is 2.06 bits per heavy atom. The lowest BCUT2D eigenvalue weighted by atomic mass is 9.97. The highest BCUT2D eigenvalue weighted by molar-refractivity contribution is 5.79. The summed E-state index contributed by atoms with van der Waals surface area (Å²) in [5.41, 5.74) is 0.520. The first-order valence-electron chi connectivity index (χ1n) is 6.44. The molecule has 1 fully saturated rings. The predicted molar refractivity (Wildman–Crippen MR) is 69.1 cm³/mol. The summed E-state index contributed by atoms with van der Waals surface area (Å²) < 4.78 is 10.8. The van der Waals surface area contributed by atoms with Gasteiger partial charge in [-0.2, -0.15) is 0 Å². The Balaban J connectivity index is 1.88. The molecular weight excluding hydrogens is 228 g/mol. The van der Waals surface area contributed by atoms with Crippen LogP contribution in [0, 0.1) is 5.92 Å². The minimum absolute atomic E-state index is 0.248. The average molecular weight is 248 g/mol. The first-order chi connectivity index (χ1) is 8.54. The van der Waals surface area contributed by atoms with Gasteiger partial charge in [-0.25, -0.2) is 4.79 Å². The highest BCUT2D eigenvalue weighted by atomic mass is 16.7. The summed E-state index contributed by atoms with van der Waals surface area (Å²) in [5.74, 6) is 0.292. The predicted octanol–water partition coefficient (Wildman–Crippen LogP) is 2.89. The van der Waals surface area contributed by atoms with Crippen LogP contribution in [-0.4, -0.2) is 18.7 Å². The SMILES string of the molecule is CC(C)CCOC(=O)[C@H]1O[C@@]1(C)c1ccccc1. The number of carbonyl (C=O) groups is 1. The maximum atomic E-state index is 11.8. The van der Waals surface area contributed by atoms with Gasteiger partial charge in [-0.05, 0) is 24.8 Å². The van der Waals surface area contributed by atoms with E-state index in [1.807, 2.05) is 37.3 Å². The zero-order valence-corrected chi connectivity index (χ0v) is 11.2. The van der Waals surface area contributed by atoms with E-state index in [-0.39, 0.29) is 5.97 Å². The quantitative estimate of drug-likeness (QED) is 0.594. The highest BCUT2D eigenvalue weighted by Crippen LogP contribution is 2.46. The lowest BCUT2D eigenvalue weighted by Gasteiger charge is -2.08. The third kappa shape index (κ3) is 2.72. The van der Waals surface area contributed by atoms with Gasteiger partial charge in [0, 0.05) is 0 Å². The molecule has 0 saturated carbocycles. The zero-order valence-electron chi connectivity index (χ0n) is 11.2. The second-order valence-electron chi connectivity index (χ2n) is 5.32. The molecule has 0 N–H and O–H groups in total. The first-order valence-corrected chi connectivity index (χ1v) is 6.44. The van der Waals surface area contributed by atoms with Crippen LogP contribution in [0.4, 0.5) is 0 Å². The molecule has 1 saturated heterocycles. The van der Waals surface area contributed by atoms with Crippen molar-refractivity contribution in [2.75, 3.05) is 6.61 Å². The molecule has 1 aromatic carbocycles. The van der Waals surface area contributed by atoms with Crippen LogP contribution < -0.4 is 0 Å². The number of rotatable bonds is 5. The molecule has 1 aliphatic rings. The minimum Gasteiger partial charge on any atom is -0.464 e. The Hall–Kier alpha value is -1.35. The molecule has 3 heteroatoms. The number of benzene rings is 1. The molecule has 98 valence electrons. The van der Waals surface area contributed by atoms with Crippen molar-refractivity contribution in [1.29, 1.82) is 0 Å². The largest absolute Gasteiger partial charge is 0.464 e. The van der Waals surface area contributed by atoms with Gasteiger partial charge in [0.25, 0.3) is 0 Å². The van der Waals surface area contributed by atoms with Crippen LogP contribution in [0.3, 0.4) is 0 Å². The van der Waals surface area contributed by atoms with Gasteiger partial charge in [0.05, 0.1) is 6.61 Å². The van der Waals surface area contributed by atoms with Gasteiger partial charge < -0.3 is 9.47 Å². The molecule has 0 radical (unpaired) electrons.